The van der Waals surface area contributed by atoms with Crippen LogP contribution >= 0.6 is 0 Å². The molecule has 5 N–H and O–H groups in total. The van der Waals surface area contributed by atoms with Gasteiger partial charge in [0.25, 0.3) is 0 Å². The summed E-state index contributed by atoms with van der Waals surface area (Å²) in [6, 6.07) is -0.691. The van der Waals surface area contributed by atoms with Crippen LogP contribution in [0.3, 0.4) is 0 Å². The maximum atomic E-state index is 11.7. The summed E-state index contributed by atoms with van der Waals surface area (Å²) in [6.45, 7) is 3.19. The van der Waals surface area contributed by atoms with Crippen LogP contribution in [-0.2, 0) is 4.79 Å². The molecule has 0 saturated heterocycles. The first kappa shape index (κ1) is 13.9. The zero-order valence-corrected chi connectivity index (χ0v) is 10.3. The summed E-state index contributed by atoms with van der Waals surface area (Å²) in [6.07, 6.45) is 4.27. The van der Waals surface area contributed by atoms with E-state index in [4.69, 9.17) is 11.5 Å². The topological polar surface area (TPSA) is 101 Å². The van der Waals surface area contributed by atoms with Gasteiger partial charge in [-0.25, -0.2) is 4.79 Å². The van der Waals surface area contributed by atoms with Crippen LogP contribution in [0.15, 0.2) is 0 Å². The Morgan fingerprint density at radius 1 is 1.47 bits per heavy atom. The van der Waals surface area contributed by atoms with Gasteiger partial charge in [0.2, 0.25) is 5.91 Å². The minimum Gasteiger partial charge on any atom is -0.351 e. The van der Waals surface area contributed by atoms with Gasteiger partial charge in [0, 0.05) is 12.6 Å². The SMILES string of the molecule is CC(C(=O)NC(N)=O)N(CCCN)C1CCC1. The standard InChI is InChI=1S/C11H22N4O2/c1-8(10(16)14-11(13)17)15(7-3-6-12)9-4-2-5-9/h8-9H,2-7,12H2,1H3,(H3,13,14,16,17). The first-order chi connectivity index (χ1) is 8.06. The number of nitrogens with one attached hydrogen (secondary N) is 1. The maximum absolute atomic E-state index is 11.7. The molecule has 0 heterocycles. The molecule has 1 unspecified atom stereocenters. The lowest BCUT2D eigenvalue weighted by atomic mass is 9.90. The van der Waals surface area contributed by atoms with Crippen molar-refractivity contribution in [2.75, 3.05) is 13.1 Å². The van der Waals surface area contributed by atoms with Crippen LogP contribution in [0, 0.1) is 0 Å². The van der Waals surface area contributed by atoms with E-state index >= 15 is 0 Å². The zero-order valence-electron chi connectivity index (χ0n) is 10.3. The fourth-order valence-corrected chi connectivity index (χ4v) is 2.06. The van der Waals surface area contributed by atoms with E-state index in [1.807, 2.05) is 0 Å². The zero-order chi connectivity index (χ0) is 12.8. The third-order valence-corrected chi connectivity index (χ3v) is 3.29. The van der Waals surface area contributed by atoms with Gasteiger partial charge < -0.3 is 11.5 Å². The second-order valence-electron chi connectivity index (χ2n) is 4.49. The van der Waals surface area contributed by atoms with Crippen molar-refractivity contribution in [1.29, 1.82) is 0 Å². The predicted molar refractivity (Wildman–Crippen MR) is 65.2 cm³/mol. The fraction of sp³-hybridized carbons (Fsp3) is 0.818. The molecule has 0 bridgehead atoms. The Balaban J connectivity index is 2.54. The molecule has 6 nitrogen and oxygen atoms in total. The summed E-state index contributed by atoms with van der Waals surface area (Å²) in [4.78, 5) is 24.5. The van der Waals surface area contributed by atoms with Crippen molar-refractivity contribution in [1.82, 2.24) is 10.2 Å². The Morgan fingerprint density at radius 2 is 2.12 bits per heavy atom. The Bertz CT molecular complexity index is 279. The number of hydrogen-bond acceptors (Lipinski definition) is 4. The minimum absolute atomic E-state index is 0.332. The molecule has 98 valence electrons. The summed E-state index contributed by atoms with van der Waals surface area (Å²) >= 11 is 0. The Hall–Kier alpha value is -1.14. The minimum atomic E-state index is -0.797. The van der Waals surface area contributed by atoms with E-state index in [0.29, 0.717) is 12.6 Å². The van der Waals surface area contributed by atoms with Gasteiger partial charge in [0.1, 0.15) is 0 Å². The highest BCUT2D eigenvalue weighted by Crippen LogP contribution is 2.26. The first-order valence-corrected chi connectivity index (χ1v) is 6.12. The average Bonchev–Trinajstić information content (AvgIpc) is 2.19. The fourth-order valence-electron chi connectivity index (χ4n) is 2.06. The van der Waals surface area contributed by atoms with E-state index in [1.54, 1.807) is 6.92 Å². The highest BCUT2D eigenvalue weighted by molar-refractivity contribution is 5.96. The monoisotopic (exact) mass is 242 g/mol. The van der Waals surface area contributed by atoms with Crippen molar-refractivity contribution >= 4 is 11.9 Å². The number of carbonyl (C=O) groups excluding carboxylic acids is 2. The van der Waals surface area contributed by atoms with Crippen molar-refractivity contribution in [3.05, 3.63) is 0 Å². The summed E-state index contributed by atoms with van der Waals surface area (Å²) in [5.41, 5.74) is 10.4. The van der Waals surface area contributed by atoms with E-state index in [9.17, 15) is 9.59 Å². The normalized spacial score (nSPS) is 17.6. The number of primary amides is 1. The molecular weight excluding hydrogens is 220 g/mol. The van der Waals surface area contributed by atoms with Gasteiger partial charge in [0.15, 0.2) is 0 Å². The van der Waals surface area contributed by atoms with E-state index in [0.717, 1.165) is 25.8 Å². The van der Waals surface area contributed by atoms with Crippen LogP contribution in [0.2, 0.25) is 0 Å². The largest absolute Gasteiger partial charge is 0.351 e. The van der Waals surface area contributed by atoms with Crippen molar-refractivity contribution in [3.63, 3.8) is 0 Å². The molecule has 0 spiro atoms. The van der Waals surface area contributed by atoms with E-state index in [1.165, 1.54) is 6.42 Å². The average molecular weight is 242 g/mol. The molecular formula is C11H22N4O2. The molecule has 1 atom stereocenters. The van der Waals surface area contributed by atoms with Crippen LogP contribution in [0.1, 0.15) is 32.6 Å². The summed E-state index contributed by atoms with van der Waals surface area (Å²) in [7, 11) is 0. The molecule has 1 saturated carbocycles. The van der Waals surface area contributed by atoms with Gasteiger partial charge in [-0.3, -0.25) is 15.0 Å². The van der Waals surface area contributed by atoms with Crippen molar-refractivity contribution in [2.45, 2.75) is 44.7 Å². The van der Waals surface area contributed by atoms with Gasteiger partial charge in [-0.15, -0.1) is 0 Å². The van der Waals surface area contributed by atoms with Gasteiger partial charge in [-0.2, -0.15) is 0 Å². The first-order valence-electron chi connectivity index (χ1n) is 6.12. The number of amides is 3. The molecule has 0 aromatic heterocycles. The number of rotatable bonds is 6. The lowest BCUT2D eigenvalue weighted by Crippen LogP contribution is -2.54. The van der Waals surface area contributed by atoms with Crippen LogP contribution < -0.4 is 16.8 Å². The highest BCUT2D eigenvalue weighted by Gasteiger charge is 2.31. The Kier molecular flexibility index (Phi) is 5.37. The molecule has 0 radical (unpaired) electrons. The maximum Gasteiger partial charge on any atom is 0.318 e. The molecule has 17 heavy (non-hydrogen) atoms. The third kappa shape index (κ3) is 3.98. The molecule has 1 aliphatic rings. The van der Waals surface area contributed by atoms with E-state index in [2.05, 4.69) is 10.2 Å². The lowest BCUT2D eigenvalue weighted by Gasteiger charge is -2.40. The smallest absolute Gasteiger partial charge is 0.318 e. The molecule has 1 rings (SSSR count). The predicted octanol–water partition coefficient (Wildman–Crippen LogP) is -0.227. The van der Waals surface area contributed by atoms with Crippen LogP contribution in [0.5, 0.6) is 0 Å². The van der Waals surface area contributed by atoms with Crippen molar-refractivity contribution in [2.24, 2.45) is 11.5 Å². The molecule has 3 amide bonds. The number of nitrogens with two attached hydrogens (primary N) is 2. The highest BCUT2D eigenvalue weighted by atomic mass is 16.2. The summed E-state index contributed by atoms with van der Waals surface area (Å²) in [5, 5.41) is 2.13. The number of carbonyl (C=O) groups is 2. The summed E-state index contributed by atoms with van der Waals surface area (Å²) < 4.78 is 0. The molecule has 6 heteroatoms. The van der Waals surface area contributed by atoms with Gasteiger partial charge >= 0.3 is 6.03 Å². The van der Waals surface area contributed by atoms with Crippen LogP contribution in [0.25, 0.3) is 0 Å². The number of imide groups is 1. The molecule has 1 fully saturated rings. The van der Waals surface area contributed by atoms with Crippen LogP contribution in [0.4, 0.5) is 4.79 Å². The molecule has 0 aromatic carbocycles. The molecule has 0 aromatic rings. The Morgan fingerprint density at radius 3 is 2.53 bits per heavy atom. The van der Waals surface area contributed by atoms with E-state index < -0.39 is 6.03 Å². The molecule has 0 aliphatic heterocycles. The summed E-state index contributed by atoms with van der Waals surface area (Å²) in [5.74, 6) is -0.332. The number of nitrogens with zero attached hydrogens (tertiary/aromatic N) is 1. The van der Waals surface area contributed by atoms with Gasteiger partial charge in [-0.1, -0.05) is 6.42 Å². The lowest BCUT2D eigenvalue weighted by molar-refractivity contribution is -0.126. The van der Waals surface area contributed by atoms with Crippen molar-refractivity contribution in [3.8, 4) is 0 Å². The Labute approximate surface area is 102 Å². The van der Waals surface area contributed by atoms with Gasteiger partial charge in [0.05, 0.1) is 6.04 Å². The third-order valence-electron chi connectivity index (χ3n) is 3.29. The second-order valence-corrected chi connectivity index (χ2v) is 4.49. The molecule has 1 aliphatic carbocycles. The van der Waals surface area contributed by atoms with Crippen LogP contribution in [-0.4, -0.2) is 42.0 Å². The number of hydrogen-bond donors (Lipinski definition) is 3. The van der Waals surface area contributed by atoms with Crippen molar-refractivity contribution < 1.29 is 9.59 Å². The number of urea groups is 1. The quantitative estimate of drug-likeness (QED) is 0.599. The van der Waals surface area contributed by atoms with E-state index in [-0.39, 0.29) is 11.9 Å². The second kappa shape index (κ2) is 6.56. The van der Waals surface area contributed by atoms with Gasteiger partial charge in [-0.05, 0) is 32.7 Å².